The number of fused-ring (bicyclic) bond motifs is 2. The topological polar surface area (TPSA) is 58.1 Å². The molecule has 5 nitrogen and oxygen atoms in total. The van der Waals surface area contributed by atoms with Crippen LogP contribution < -0.4 is 5.32 Å². The summed E-state index contributed by atoms with van der Waals surface area (Å²) in [5.41, 5.74) is 2.93. The molecule has 1 aliphatic heterocycles. The second kappa shape index (κ2) is 6.99. The van der Waals surface area contributed by atoms with Crippen LogP contribution in [-0.4, -0.2) is 45.9 Å². The lowest BCUT2D eigenvalue weighted by atomic mass is 10.0. The summed E-state index contributed by atoms with van der Waals surface area (Å²) in [6.07, 6.45) is 4.29. The van der Waals surface area contributed by atoms with Gasteiger partial charge in [-0.15, -0.1) is 11.3 Å². The molecule has 3 heterocycles. The minimum Gasteiger partial charge on any atom is -0.334 e. The van der Waals surface area contributed by atoms with E-state index in [4.69, 9.17) is 16.6 Å². The smallest absolute Gasteiger partial charge is 0.254 e. The Morgan fingerprint density at radius 3 is 2.97 bits per heavy atom. The molecule has 6 rings (SSSR count). The van der Waals surface area contributed by atoms with E-state index in [-0.39, 0.29) is 11.4 Å². The Balaban J connectivity index is 1.23. The minimum atomic E-state index is -0.00114. The SMILES string of the molecule is Cc1nc(C2CC2c2ccc(C(=O)N(C)C34CCCNC3C4)cc2Cl)c2ccsc2n1. The van der Waals surface area contributed by atoms with E-state index in [9.17, 15) is 4.79 Å². The van der Waals surface area contributed by atoms with E-state index >= 15 is 0 Å². The molecule has 1 amide bonds. The van der Waals surface area contributed by atoms with E-state index in [0.29, 0.717) is 28.5 Å². The summed E-state index contributed by atoms with van der Waals surface area (Å²) in [7, 11) is 1.94. The molecule has 3 aromatic rings. The highest BCUT2D eigenvalue weighted by molar-refractivity contribution is 7.16. The van der Waals surface area contributed by atoms with Crippen LogP contribution in [0.15, 0.2) is 29.6 Å². The number of likely N-dealkylation sites (N-methyl/N-ethyl adjacent to an activating group) is 1. The highest BCUT2D eigenvalue weighted by atomic mass is 35.5. The average molecular weight is 453 g/mol. The summed E-state index contributed by atoms with van der Waals surface area (Å²) < 4.78 is 0. The van der Waals surface area contributed by atoms with Gasteiger partial charge in [0.25, 0.3) is 5.91 Å². The van der Waals surface area contributed by atoms with Crippen LogP contribution >= 0.6 is 22.9 Å². The lowest BCUT2D eigenvalue weighted by Gasteiger charge is -2.32. The van der Waals surface area contributed by atoms with Crippen LogP contribution in [0, 0.1) is 6.92 Å². The number of amides is 1. The van der Waals surface area contributed by atoms with Crippen molar-refractivity contribution in [3.8, 4) is 0 Å². The number of nitrogens with zero attached hydrogens (tertiary/aromatic N) is 3. The first-order valence-corrected chi connectivity index (χ1v) is 12.3. The summed E-state index contributed by atoms with van der Waals surface area (Å²) in [5.74, 6) is 1.60. The third-order valence-corrected chi connectivity index (χ3v) is 8.58. The summed E-state index contributed by atoms with van der Waals surface area (Å²) in [4.78, 5) is 25.5. The van der Waals surface area contributed by atoms with Crippen molar-refractivity contribution in [3.63, 3.8) is 0 Å². The highest BCUT2D eigenvalue weighted by Gasteiger charge is 2.59. The van der Waals surface area contributed by atoms with Gasteiger partial charge in [0, 0.05) is 35.0 Å². The van der Waals surface area contributed by atoms with Gasteiger partial charge in [-0.25, -0.2) is 9.97 Å². The summed E-state index contributed by atoms with van der Waals surface area (Å²) in [6.45, 7) is 3.01. The number of rotatable bonds is 4. The zero-order chi connectivity index (χ0) is 21.3. The van der Waals surface area contributed by atoms with Gasteiger partial charge in [-0.1, -0.05) is 17.7 Å². The van der Waals surface area contributed by atoms with Gasteiger partial charge in [0.2, 0.25) is 0 Å². The molecule has 0 spiro atoms. The van der Waals surface area contributed by atoms with Gasteiger partial charge in [0.15, 0.2) is 0 Å². The zero-order valence-corrected chi connectivity index (χ0v) is 19.3. The van der Waals surface area contributed by atoms with E-state index in [1.54, 1.807) is 11.3 Å². The average Bonchev–Trinajstić information content (AvgIpc) is 3.66. The van der Waals surface area contributed by atoms with E-state index in [1.807, 2.05) is 37.1 Å². The summed E-state index contributed by atoms with van der Waals surface area (Å²) in [5, 5.41) is 7.46. The molecule has 0 radical (unpaired) electrons. The standard InChI is InChI=1S/C24H25ClN4OS/c1-13-27-21(16-6-9-31-22(16)28-13)18-11-17(18)15-5-4-14(10-19(15)25)23(30)29(2)24-7-3-8-26-20(24)12-24/h4-6,9-10,17-18,20,26H,3,7-8,11-12H2,1-2H3. The number of aryl methyl sites for hydroxylation is 1. The van der Waals surface area contributed by atoms with Gasteiger partial charge >= 0.3 is 0 Å². The number of piperidine rings is 1. The number of carbonyl (C=O) groups excluding carboxylic acids is 1. The zero-order valence-electron chi connectivity index (χ0n) is 17.7. The predicted octanol–water partition coefficient (Wildman–Crippen LogP) is 4.89. The first kappa shape index (κ1) is 19.6. The molecule has 2 aliphatic carbocycles. The molecular formula is C24H25ClN4OS. The Labute approximate surface area is 190 Å². The summed E-state index contributed by atoms with van der Waals surface area (Å²) in [6, 6.07) is 8.43. The van der Waals surface area contributed by atoms with Gasteiger partial charge in [-0.2, -0.15) is 0 Å². The van der Waals surface area contributed by atoms with Crippen molar-refractivity contribution in [2.24, 2.45) is 0 Å². The number of hydrogen-bond donors (Lipinski definition) is 1. The number of nitrogens with one attached hydrogen (secondary N) is 1. The maximum absolute atomic E-state index is 13.2. The molecule has 0 bridgehead atoms. The third-order valence-electron chi connectivity index (χ3n) is 7.45. The van der Waals surface area contributed by atoms with Crippen molar-refractivity contribution in [2.45, 2.75) is 56.0 Å². The van der Waals surface area contributed by atoms with Crippen molar-refractivity contribution in [3.05, 3.63) is 57.3 Å². The fraction of sp³-hybridized carbons (Fsp3) is 0.458. The molecule has 160 valence electrons. The van der Waals surface area contributed by atoms with Crippen LogP contribution in [0.3, 0.4) is 0 Å². The van der Waals surface area contributed by atoms with Gasteiger partial charge in [-0.3, -0.25) is 4.79 Å². The monoisotopic (exact) mass is 452 g/mol. The number of carbonyl (C=O) groups is 1. The van der Waals surface area contributed by atoms with E-state index in [1.165, 1.54) is 0 Å². The Morgan fingerprint density at radius 1 is 1.29 bits per heavy atom. The molecule has 3 fully saturated rings. The van der Waals surface area contributed by atoms with Crippen molar-refractivity contribution in [1.29, 1.82) is 0 Å². The van der Waals surface area contributed by atoms with Gasteiger partial charge < -0.3 is 10.2 Å². The number of aromatic nitrogens is 2. The quantitative estimate of drug-likeness (QED) is 0.612. The molecule has 2 aromatic heterocycles. The van der Waals surface area contributed by atoms with Crippen LogP contribution in [0.25, 0.3) is 10.2 Å². The maximum atomic E-state index is 13.2. The lowest BCUT2D eigenvalue weighted by Crippen LogP contribution is -2.47. The van der Waals surface area contributed by atoms with E-state index in [0.717, 1.165) is 59.5 Å². The molecule has 1 saturated heterocycles. The van der Waals surface area contributed by atoms with Crippen molar-refractivity contribution in [1.82, 2.24) is 20.2 Å². The molecule has 1 N–H and O–H groups in total. The van der Waals surface area contributed by atoms with Crippen LogP contribution in [0.4, 0.5) is 0 Å². The van der Waals surface area contributed by atoms with Crippen LogP contribution in [0.1, 0.15) is 65.0 Å². The molecule has 4 unspecified atom stereocenters. The Bertz CT molecular complexity index is 1210. The van der Waals surface area contributed by atoms with Crippen LogP contribution in [0.5, 0.6) is 0 Å². The second-order valence-electron chi connectivity index (χ2n) is 9.26. The predicted molar refractivity (Wildman–Crippen MR) is 124 cm³/mol. The largest absolute Gasteiger partial charge is 0.334 e. The molecule has 4 atom stereocenters. The molecule has 3 aliphatic rings. The van der Waals surface area contributed by atoms with Crippen LogP contribution in [0.2, 0.25) is 5.02 Å². The fourth-order valence-electron chi connectivity index (χ4n) is 5.51. The first-order valence-electron chi connectivity index (χ1n) is 11.0. The summed E-state index contributed by atoms with van der Waals surface area (Å²) >= 11 is 8.37. The van der Waals surface area contributed by atoms with Gasteiger partial charge in [-0.05, 0) is 74.2 Å². The van der Waals surface area contributed by atoms with Crippen molar-refractivity contribution < 1.29 is 4.79 Å². The maximum Gasteiger partial charge on any atom is 0.254 e. The van der Waals surface area contributed by atoms with Crippen molar-refractivity contribution in [2.75, 3.05) is 13.6 Å². The second-order valence-corrected chi connectivity index (χ2v) is 10.6. The van der Waals surface area contributed by atoms with Gasteiger partial charge in [0.05, 0.1) is 11.2 Å². The fourth-order valence-corrected chi connectivity index (χ4v) is 6.65. The Kier molecular flexibility index (Phi) is 4.43. The van der Waals surface area contributed by atoms with E-state index < -0.39 is 0 Å². The first-order chi connectivity index (χ1) is 15.0. The van der Waals surface area contributed by atoms with Crippen LogP contribution in [-0.2, 0) is 0 Å². The van der Waals surface area contributed by atoms with Gasteiger partial charge in [0.1, 0.15) is 10.7 Å². The molecule has 31 heavy (non-hydrogen) atoms. The Morgan fingerprint density at radius 2 is 2.16 bits per heavy atom. The molecule has 7 heteroatoms. The number of benzene rings is 1. The number of hydrogen-bond acceptors (Lipinski definition) is 5. The number of thiophene rings is 1. The van der Waals surface area contributed by atoms with Crippen molar-refractivity contribution >= 4 is 39.1 Å². The number of halogens is 1. The third kappa shape index (κ3) is 3.11. The van der Waals surface area contributed by atoms with E-state index in [2.05, 4.69) is 21.7 Å². The normalized spacial score (nSPS) is 28.9. The highest BCUT2D eigenvalue weighted by Crippen LogP contribution is 2.57. The lowest BCUT2D eigenvalue weighted by molar-refractivity contribution is 0.0672. The Hall–Kier alpha value is -2.02. The molecular weight excluding hydrogens is 428 g/mol. The minimum absolute atomic E-state index is 0.00114. The molecule has 1 aromatic carbocycles. The molecule has 2 saturated carbocycles.